The minimum Gasteiger partial charge on any atom is -0.383 e. The molecule has 10 heteroatoms. The lowest BCUT2D eigenvalue weighted by atomic mass is 9.91. The predicted molar refractivity (Wildman–Crippen MR) is 140 cm³/mol. The maximum Gasteiger partial charge on any atom is 0.164 e. The highest BCUT2D eigenvalue weighted by Crippen LogP contribution is 2.48. The Balaban J connectivity index is 0.00000240. The van der Waals surface area contributed by atoms with Gasteiger partial charge in [0.15, 0.2) is 5.65 Å². The topological polar surface area (TPSA) is 121 Å². The maximum absolute atomic E-state index is 6.39. The third kappa shape index (κ3) is 3.94. The lowest BCUT2D eigenvalue weighted by Gasteiger charge is -2.22. The zero-order valence-corrected chi connectivity index (χ0v) is 21.0. The first-order valence-corrected chi connectivity index (χ1v) is 12.9. The van der Waals surface area contributed by atoms with Crippen molar-refractivity contribution in [2.75, 3.05) is 18.8 Å². The van der Waals surface area contributed by atoms with Gasteiger partial charge in [0.25, 0.3) is 0 Å². The largest absolute Gasteiger partial charge is 0.383 e. The van der Waals surface area contributed by atoms with Gasteiger partial charge in [-0.3, -0.25) is 4.98 Å². The summed E-state index contributed by atoms with van der Waals surface area (Å²) in [4.78, 5) is 13.8. The molecule has 36 heavy (non-hydrogen) atoms. The normalized spacial score (nSPS) is 19.1. The quantitative estimate of drug-likeness (QED) is 0.387. The fourth-order valence-corrected chi connectivity index (χ4v) is 5.85. The van der Waals surface area contributed by atoms with Crippen molar-refractivity contribution in [1.82, 2.24) is 35.2 Å². The van der Waals surface area contributed by atoms with Crippen LogP contribution in [0, 0.1) is 0 Å². The van der Waals surface area contributed by atoms with Gasteiger partial charge in [0.2, 0.25) is 0 Å². The van der Waals surface area contributed by atoms with Crippen LogP contribution in [0.15, 0.2) is 29.2 Å². The zero-order valence-electron chi connectivity index (χ0n) is 20.2. The molecular weight excluding hydrogens is 476 g/mol. The summed E-state index contributed by atoms with van der Waals surface area (Å²) in [5.74, 6) is 2.27. The van der Waals surface area contributed by atoms with Gasteiger partial charge in [-0.25, -0.2) is 14.6 Å². The highest BCUT2D eigenvalue weighted by molar-refractivity contribution is 6.00. The molecule has 0 amide bonds. The van der Waals surface area contributed by atoms with E-state index in [4.69, 9.17) is 20.3 Å². The Hall–Kier alpha value is -3.04. The van der Waals surface area contributed by atoms with E-state index in [1.807, 2.05) is 10.9 Å². The second-order valence-corrected chi connectivity index (χ2v) is 10.2. The molecule has 2 aliphatic carbocycles. The lowest BCUT2D eigenvalue weighted by molar-refractivity contribution is 0.386. The molecule has 0 unspecified atom stereocenters. The average Bonchev–Trinajstić information content (AvgIpc) is 3.28. The second kappa shape index (κ2) is 9.44. The molecule has 4 aromatic heterocycles. The number of aromatic nitrogens is 6. The number of nitrogen functional groups attached to an aromatic ring is 1. The van der Waals surface area contributed by atoms with E-state index in [1.165, 1.54) is 24.7 Å². The molecule has 0 spiro atoms. The number of rotatable bonds is 5. The summed E-state index contributed by atoms with van der Waals surface area (Å²) in [5.41, 5.74) is 11.7. The summed E-state index contributed by atoms with van der Waals surface area (Å²) >= 11 is 0. The van der Waals surface area contributed by atoms with Crippen molar-refractivity contribution in [1.29, 1.82) is 0 Å². The number of hydrogen-bond donors (Lipinski definition) is 2. The smallest absolute Gasteiger partial charge is 0.164 e. The van der Waals surface area contributed by atoms with Gasteiger partial charge < -0.3 is 15.6 Å². The van der Waals surface area contributed by atoms with Crippen LogP contribution in [0.25, 0.3) is 33.7 Å². The highest BCUT2D eigenvalue weighted by atomic mass is 35.5. The molecule has 1 saturated heterocycles. The molecule has 3 aliphatic rings. The first-order valence-electron chi connectivity index (χ1n) is 12.9. The van der Waals surface area contributed by atoms with Gasteiger partial charge in [-0.05, 0) is 69.2 Å². The van der Waals surface area contributed by atoms with Crippen LogP contribution in [0.1, 0.15) is 80.6 Å². The number of halogens is 1. The van der Waals surface area contributed by atoms with Crippen LogP contribution >= 0.6 is 12.4 Å². The molecule has 0 bridgehead atoms. The summed E-state index contributed by atoms with van der Waals surface area (Å²) in [6.45, 7) is 2.13. The van der Waals surface area contributed by atoms with Gasteiger partial charge in [0.1, 0.15) is 29.3 Å². The van der Waals surface area contributed by atoms with Gasteiger partial charge in [0.05, 0.1) is 22.7 Å². The molecule has 1 aliphatic heterocycles. The molecule has 0 atom stereocenters. The monoisotopic (exact) mass is 506 g/mol. The highest BCUT2D eigenvalue weighted by Gasteiger charge is 2.36. The summed E-state index contributed by atoms with van der Waals surface area (Å²) in [5, 5.41) is 13.8. The fraction of sp³-hybridized carbons (Fsp3) is 0.500. The summed E-state index contributed by atoms with van der Waals surface area (Å²) in [6.07, 6.45) is 12.7. The number of pyridine rings is 1. The standard InChI is InChI=1S/C26H30N8O.ClH/c27-25-21-22(32-34(18-3-1-2-4-18)26(21)31-14-30-25)23-20(24(35-33-23)16-5-6-16)19-8-7-17(13-29-19)15-9-11-28-12-10-15;/h7-8,13-16,18,28H,1-6,9-12H2,(H2,27,30,31);1H. The van der Waals surface area contributed by atoms with Crippen LogP contribution in [0.2, 0.25) is 0 Å². The third-order valence-electron chi connectivity index (χ3n) is 7.93. The van der Waals surface area contributed by atoms with Crippen LogP contribution < -0.4 is 11.1 Å². The average molecular weight is 507 g/mol. The van der Waals surface area contributed by atoms with Crippen LogP contribution in [0.4, 0.5) is 5.82 Å². The fourth-order valence-electron chi connectivity index (χ4n) is 5.85. The first kappa shape index (κ1) is 23.4. The van der Waals surface area contributed by atoms with E-state index in [0.29, 0.717) is 35.1 Å². The van der Waals surface area contributed by atoms with Crippen molar-refractivity contribution in [3.8, 4) is 22.6 Å². The van der Waals surface area contributed by atoms with E-state index < -0.39 is 0 Å². The number of hydrogen-bond acceptors (Lipinski definition) is 8. The molecular formula is C26H31ClN8O. The number of nitrogens with zero attached hydrogens (tertiary/aromatic N) is 6. The molecule has 2 saturated carbocycles. The number of anilines is 1. The molecule has 3 N–H and O–H groups in total. The van der Waals surface area contributed by atoms with E-state index in [9.17, 15) is 0 Å². The Morgan fingerprint density at radius 2 is 1.72 bits per heavy atom. The molecule has 4 aromatic rings. The predicted octanol–water partition coefficient (Wildman–Crippen LogP) is 5.01. The molecule has 3 fully saturated rings. The SMILES string of the molecule is Cl.Nc1ncnc2c1c(-c1noc(C3CC3)c1-c1ccc(C3CCNCC3)cn1)nn2C1CCCC1. The van der Waals surface area contributed by atoms with E-state index in [0.717, 1.165) is 79.7 Å². The Bertz CT molecular complexity index is 1360. The molecule has 0 aromatic carbocycles. The van der Waals surface area contributed by atoms with Gasteiger partial charge in [-0.2, -0.15) is 5.10 Å². The van der Waals surface area contributed by atoms with E-state index >= 15 is 0 Å². The summed E-state index contributed by atoms with van der Waals surface area (Å²) < 4.78 is 8.01. The van der Waals surface area contributed by atoms with Crippen molar-refractivity contribution in [3.63, 3.8) is 0 Å². The first-order chi connectivity index (χ1) is 17.3. The summed E-state index contributed by atoms with van der Waals surface area (Å²) in [6, 6.07) is 4.66. The van der Waals surface area contributed by atoms with E-state index in [1.54, 1.807) is 0 Å². The van der Waals surface area contributed by atoms with Crippen molar-refractivity contribution < 1.29 is 4.52 Å². The Morgan fingerprint density at radius 3 is 2.44 bits per heavy atom. The molecule has 5 heterocycles. The minimum atomic E-state index is 0. The lowest BCUT2D eigenvalue weighted by Crippen LogP contribution is -2.26. The number of piperidine rings is 1. The van der Waals surface area contributed by atoms with Crippen molar-refractivity contribution in [2.45, 2.75) is 69.2 Å². The van der Waals surface area contributed by atoms with Crippen LogP contribution in [-0.2, 0) is 0 Å². The van der Waals surface area contributed by atoms with Gasteiger partial charge >= 0.3 is 0 Å². The van der Waals surface area contributed by atoms with Gasteiger partial charge in [0, 0.05) is 12.1 Å². The third-order valence-corrected chi connectivity index (χ3v) is 7.93. The van der Waals surface area contributed by atoms with Crippen molar-refractivity contribution >= 4 is 29.3 Å². The van der Waals surface area contributed by atoms with Crippen molar-refractivity contribution in [2.24, 2.45) is 0 Å². The zero-order chi connectivity index (χ0) is 23.4. The van der Waals surface area contributed by atoms with Gasteiger partial charge in [-0.1, -0.05) is 24.1 Å². The Labute approximate surface area is 215 Å². The Kier molecular flexibility index (Phi) is 6.13. The van der Waals surface area contributed by atoms with Crippen LogP contribution in [0.5, 0.6) is 0 Å². The van der Waals surface area contributed by atoms with Crippen LogP contribution in [0.3, 0.4) is 0 Å². The van der Waals surface area contributed by atoms with E-state index in [2.05, 4.69) is 32.6 Å². The van der Waals surface area contributed by atoms with Crippen molar-refractivity contribution in [3.05, 3.63) is 36.0 Å². The number of nitrogens with one attached hydrogen (secondary N) is 1. The van der Waals surface area contributed by atoms with Crippen LogP contribution in [-0.4, -0.2) is 43.0 Å². The van der Waals surface area contributed by atoms with Gasteiger partial charge in [-0.15, -0.1) is 12.4 Å². The minimum absolute atomic E-state index is 0. The summed E-state index contributed by atoms with van der Waals surface area (Å²) in [7, 11) is 0. The molecule has 9 nitrogen and oxygen atoms in total. The maximum atomic E-state index is 6.39. The number of fused-ring (bicyclic) bond motifs is 1. The Morgan fingerprint density at radius 1 is 0.917 bits per heavy atom. The molecule has 188 valence electrons. The molecule has 0 radical (unpaired) electrons. The number of nitrogens with two attached hydrogens (primary N) is 1. The van der Waals surface area contributed by atoms with E-state index in [-0.39, 0.29) is 12.4 Å². The molecule has 7 rings (SSSR count). The second-order valence-electron chi connectivity index (χ2n) is 10.2.